The predicted octanol–water partition coefficient (Wildman–Crippen LogP) is 4.26. The summed E-state index contributed by atoms with van der Waals surface area (Å²) < 4.78 is 37.3. The van der Waals surface area contributed by atoms with Gasteiger partial charge in [0.2, 0.25) is 10.0 Å². The van der Waals surface area contributed by atoms with E-state index in [-0.39, 0.29) is 28.7 Å². The number of hydrogen-bond donors (Lipinski definition) is 0. The van der Waals surface area contributed by atoms with E-state index in [2.05, 4.69) is 0 Å². The molecule has 0 aliphatic carbocycles. The lowest BCUT2D eigenvalue weighted by Crippen LogP contribution is -2.31. The minimum absolute atomic E-state index is 0.0230. The van der Waals surface area contributed by atoms with E-state index in [4.69, 9.17) is 32.7 Å². The van der Waals surface area contributed by atoms with E-state index in [1.807, 2.05) is 0 Å². The Bertz CT molecular complexity index is 930. The molecule has 6 nitrogen and oxygen atoms in total. The van der Waals surface area contributed by atoms with Crippen molar-refractivity contribution in [2.45, 2.75) is 18.7 Å². The Labute approximate surface area is 175 Å². The first-order valence-electron chi connectivity index (χ1n) is 8.65. The van der Waals surface area contributed by atoms with Crippen molar-refractivity contribution in [3.63, 3.8) is 0 Å². The van der Waals surface area contributed by atoms with Crippen LogP contribution in [0.1, 0.15) is 24.2 Å². The van der Waals surface area contributed by atoms with Gasteiger partial charge in [0.25, 0.3) is 0 Å². The molecule has 0 aliphatic rings. The largest absolute Gasteiger partial charge is 0.488 e. The summed E-state index contributed by atoms with van der Waals surface area (Å²) in [6, 6.07) is 11.0. The van der Waals surface area contributed by atoms with Gasteiger partial charge in [-0.3, -0.25) is 0 Å². The van der Waals surface area contributed by atoms with E-state index in [9.17, 15) is 13.2 Å². The Morgan fingerprint density at radius 2 is 1.68 bits per heavy atom. The van der Waals surface area contributed by atoms with E-state index in [0.717, 1.165) is 0 Å². The molecule has 152 valence electrons. The van der Waals surface area contributed by atoms with Gasteiger partial charge < -0.3 is 9.47 Å². The van der Waals surface area contributed by atoms with Crippen molar-refractivity contribution in [2.75, 3.05) is 26.3 Å². The van der Waals surface area contributed by atoms with Gasteiger partial charge in [0.05, 0.1) is 15.6 Å². The lowest BCUT2D eigenvalue weighted by atomic mass is 10.2. The topological polar surface area (TPSA) is 72.9 Å². The molecule has 9 heteroatoms. The molecule has 0 saturated carbocycles. The number of carbonyl (C=O) groups excluding carboxylic acids is 1. The monoisotopic (exact) mass is 445 g/mol. The summed E-state index contributed by atoms with van der Waals surface area (Å²) in [6.07, 6.45) is 0. The van der Waals surface area contributed by atoms with Crippen LogP contribution in [0.5, 0.6) is 5.75 Å². The van der Waals surface area contributed by atoms with Crippen LogP contribution in [0, 0.1) is 0 Å². The second-order valence-electron chi connectivity index (χ2n) is 5.65. The Morgan fingerprint density at radius 1 is 1.00 bits per heavy atom. The minimum atomic E-state index is -3.80. The van der Waals surface area contributed by atoms with Crippen molar-refractivity contribution in [1.29, 1.82) is 0 Å². The van der Waals surface area contributed by atoms with Crippen LogP contribution in [0.3, 0.4) is 0 Å². The zero-order valence-electron chi connectivity index (χ0n) is 15.5. The van der Waals surface area contributed by atoms with Crippen LogP contribution in [0.15, 0.2) is 47.4 Å². The van der Waals surface area contributed by atoms with Gasteiger partial charge >= 0.3 is 5.97 Å². The lowest BCUT2D eigenvalue weighted by Gasteiger charge is -2.19. The van der Waals surface area contributed by atoms with E-state index in [1.54, 1.807) is 38.1 Å². The minimum Gasteiger partial charge on any atom is -0.488 e. The maximum Gasteiger partial charge on any atom is 0.338 e. The van der Waals surface area contributed by atoms with E-state index < -0.39 is 16.0 Å². The molecule has 0 aromatic heterocycles. The Kier molecular flexibility index (Phi) is 8.12. The highest BCUT2D eigenvalue weighted by atomic mass is 35.5. The fraction of sp³-hybridized carbons (Fsp3) is 0.316. The molecule has 0 radical (unpaired) electrons. The summed E-state index contributed by atoms with van der Waals surface area (Å²) in [5.74, 6) is -0.185. The second-order valence-corrected chi connectivity index (χ2v) is 8.37. The molecular formula is C19H21Cl2NO5S. The number of carbonyl (C=O) groups is 1. The molecule has 0 aliphatic heterocycles. The summed E-state index contributed by atoms with van der Waals surface area (Å²) in [6.45, 7) is 4.13. The van der Waals surface area contributed by atoms with Crippen LogP contribution in [-0.2, 0) is 14.8 Å². The van der Waals surface area contributed by atoms with Crippen molar-refractivity contribution >= 4 is 39.2 Å². The number of esters is 1. The normalized spacial score (nSPS) is 11.5. The highest BCUT2D eigenvalue weighted by Gasteiger charge is 2.25. The molecule has 0 saturated heterocycles. The molecular weight excluding hydrogens is 425 g/mol. The number of nitrogens with zero attached hydrogens (tertiary/aromatic N) is 1. The summed E-state index contributed by atoms with van der Waals surface area (Å²) in [5, 5.41) is 0.503. The molecule has 0 amide bonds. The molecule has 2 aromatic carbocycles. The van der Waals surface area contributed by atoms with Crippen molar-refractivity contribution < 1.29 is 22.7 Å². The first-order chi connectivity index (χ1) is 13.3. The van der Waals surface area contributed by atoms with Crippen LogP contribution < -0.4 is 4.74 Å². The molecule has 0 bridgehead atoms. The maximum absolute atomic E-state index is 12.7. The summed E-state index contributed by atoms with van der Waals surface area (Å²) >= 11 is 12.0. The average Bonchev–Trinajstić information content (AvgIpc) is 2.67. The molecule has 2 rings (SSSR count). The van der Waals surface area contributed by atoms with Crippen LogP contribution in [-0.4, -0.2) is 45.0 Å². The molecule has 28 heavy (non-hydrogen) atoms. The SMILES string of the molecule is CCN(CC)S(=O)(=O)c1cc(C(=O)OCCOc2ccccc2Cl)ccc1Cl. The van der Waals surface area contributed by atoms with E-state index in [1.165, 1.54) is 22.5 Å². The number of rotatable bonds is 9. The van der Waals surface area contributed by atoms with Crippen molar-refractivity contribution in [2.24, 2.45) is 0 Å². The average molecular weight is 446 g/mol. The van der Waals surface area contributed by atoms with Gasteiger partial charge in [0.1, 0.15) is 23.9 Å². The van der Waals surface area contributed by atoms with Gasteiger partial charge in [-0.1, -0.05) is 49.2 Å². The molecule has 0 unspecified atom stereocenters. The standard InChI is InChI=1S/C19H21Cl2NO5S/c1-3-22(4-2)28(24,25)18-13-14(9-10-16(18)21)19(23)27-12-11-26-17-8-6-5-7-15(17)20/h5-10,13H,3-4,11-12H2,1-2H3. The van der Waals surface area contributed by atoms with Crippen molar-refractivity contribution in [1.82, 2.24) is 4.31 Å². The van der Waals surface area contributed by atoms with Crippen LogP contribution >= 0.6 is 23.2 Å². The lowest BCUT2D eigenvalue weighted by molar-refractivity contribution is 0.0450. The third-order valence-electron chi connectivity index (χ3n) is 3.90. The van der Waals surface area contributed by atoms with Gasteiger partial charge in [0.15, 0.2) is 0 Å². The van der Waals surface area contributed by atoms with Gasteiger partial charge in [-0.05, 0) is 30.3 Å². The fourth-order valence-electron chi connectivity index (χ4n) is 2.46. The predicted molar refractivity (Wildman–Crippen MR) is 109 cm³/mol. The number of hydrogen-bond acceptors (Lipinski definition) is 5. The zero-order chi connectivity index (χ0) is 20.7. The zero-order valence-corrected chi connectivity index (χ0v) is 17.9. The summed E-state index contributed by atoms with van der Waals surface area (Å²) in [7, 11) is -3.80. The molecule has 2 aromatic rings. The van der Waals surface area contributed by atoms with Crippen LogP contribution in [0.25, 0.3) is 0 Å². The summed E-state index contributed by atoms with van der Waals surface area (Å²) in [4.78, 5) is 12.1. The highest BCUT2D eigenvalue weighted by Crippen LogP contribution is 2.26. The van der Waals surface area contributed by atoms with Gasteiger partial charge in [-0.15, -0.1) is 0 Å². The number of sulfonamides is 1. The first-order valence-corrected chi connectivity index (χ1v) is 10.8. The second kappa shape index (κ2) is 10.1. The quantitative estimate of drug-likeness (QED) is 0.425. The van der Waals surface area contributed by atoms with Crippen LogP contribution in [0.2, 0.25) is 10.0 Å². The van der Waals surface area contributed by atoms with E-state index in [0.29, 0.717) is 23.9 Å². The third kappa shape index (κ3) is 5.38. The Hall–Kier alpha value is -1.80. The fourth-order valence-corrected chi connectivity index (χ4v) is 4.61. The number of ether oxygens (including phenoxy) is 2. The smallest absolute Gasteiger partial charge is 0.338 e. The maximum atomic E-state index is 12.7. The molecule has 0 spiro atoms. The van der Waals surface area contributed by atoms with Crippen LogP contribution in [0.4, 0.5) is 0 Å². The van der Waals surface area contributed by atoms with Gasteiger partial charge in [-0.2, -0.15) is 4.31 Å². The number of halogens is 2. The Balaban J connectivity index is 2.05. The third-order valence-corrected chi connectivity index (χ3v) is 6.74. The highest BCUT2D eigenvalue weighted by molar-refractivity contribution is 7.89. The molecule has 0 fully saturated rings. The number of para-hydroxylation sites is 1. The summed E-state index contributed by atoms with van der Waals surface area (Å²) in [5.41, 5.74) is 0.0906. The van der Waals surface area contributed by atoms with Crippen molar-refractivity contribution in [3.05, 3.63) is 58.1 Å². The Morgan fingerprint density at radius 3 is 2.32 bits per heavy atom. The molecule has 0 N–H and O–H groups in total. The van der Waals surface area contributed by atoms with Gasteiger partial charge in [-0.25, -0.2) is 13.2 Å². The van der Waals surface area contributed by atoms with Crippen molar-refractivity contribution in [3.8, 4) is 5.75 Å². The first kappa shape index (κ1) is 22.5. The van der Waals surface area contributed by atoms with E-state index >= 15 is 0 Å². The van der Waals surface area contributed by atoms with Gasteiger partial charge in [0, 0.05) is 13.1 Å². The molecule has 0 heterocycles. The molecule has 0 atom stereocenters. The number of benzene rings is 2.